The number of nitrogens with zero attached hydrogens (tertiary/aromatic N) is 1. The van der Waals surface area contributed by atoms with Gasteiger partial charge in [-0.3, -0.25) is 10.1 Å². The van der Waals surface area contributed by atoms with Crippen LogP contribution in [0.2, 0.25) is 0 Å². The second kappa shape index (κ2) is 3.57. The van der Waals surface area contributed by atoms with Crippen LogP contribution in [0.1, 0.15) is 5.69 Å². The molecular formula is C11H10N2O2. The molecule has 0 fully saturated rings. The van der Waals surface area contributed by atoms with Gasteiger partial charge in [0.05, 0.1) is 4.92 Å². The average Bonchev–Trinajstić information content (AvgIpc) is 2.65. The molecule has 0 aliphatic heterocycles. The lowest BCUT2D eigenvalue weighted by Crippen LogP contribution is -1.87. The van der Waals surface area contributed by atoms with E-state index in [1.165, 1.54) is 6.07 Å². The molecule has 0 atom stereocenters. The van der Waals surface area contributed by atoms with Crippen LogP contribution in [0.15, 0.2) is 36.5 Å². The van der Waals surface area contributed by atoms with Gasteiger partial charge >= 0.3 is 0 Å². The van der Waals surface area contributed by atoms with Crippen LogP contribution in [-0.4, -0.2) is 9.91 Å². The van der Waals surface area contributed by atoms with E-state index >= 15 is 0 Å². The van der Waals surface area contributed by atoms with E-state index in [-0.39, 0.29) is 10.6 Å². The van der Waals surface area contributed by atoms with Crippen LogP contribution in [0.3, 0.4) is 0 Å². The Hall–Kier alpha value is -2.10. The molecule has 76 valence electrons. The zero-order valence-electron chi connectivity index (χ0n) is 8.23. The fourth-order valence-electron chi connectivity index (χ4n) is 1.47. The number of nitrogens with one attached hydrogen (secondary N) is 1. The van der Waals surface area contributed by atoms with Gasteiger partial charge in [-0.05, 0) is 24.1 Å². The van der Waals surface area contributed by atoms with Gasteiger partial charge in [0.1, 0.15) is 0 Å². The third-order valence-corrected chi connectivity index (χ3v) is 2.22. The van der Waals surface area contributed by atoms with Gasteiger partial charge < -0.3 is 4.98 Å². The van der Waals surface area contributed by atoms with Crippen molar-refractivity contribution in [2.24, 2.45) is 0 Å². The summed E-state index contributed by atoms with van der Waals surface area (Å²) in [4.78, 5) is 13.2. The minimum absolute atomic E-state index is 0.117. The second-order valence-electron chi connectivity index (χ2n) is 3.38. The van der Waals surface area contributed by atoms with E-state index in [0.29, 0.717) is 0 Å². The number of aryl methyl sites for hydroxylation is 1. The molecule has 1 heterocycles. The van der Waals surface area contributed by atoms with Crippen molar-refractivity contribution in [3.8, 4) is 11.1 Å². The summed E-state index contributed by atoms with van der Waals surface area (Å²) >= 11 is 0. The van der Waals surface area contributed by atoms with Gasteiger partial charge in [0, 0.05) is 24.0 Å². The third kappa shape index (κ3) is 1.88. The SMILES string of the molecule is Cc1cc(-c2cccc([N+](=O)[O-])c2)c[nH]1. The normalized spacial score (nSPS) is 10.2. The van der Waals surface area contributed by atoms with Crippen molar-refractivity contribution in [1.29, 1.82) is 0 Å². The number of non-ortho nitro benzene ring substituents is 1. The highest BCUT2D eigenvalue weighted by Crippen LogP contribution is 2.24. The first-order valence-corrected chi connectivity index (χ1v) is 4.56. The summed E-state index contributed by atoms with van der Waals surface area (Å²) in [6.07, 6.45) is 1.84. The molecule has 4 nitrogen and oxygen atoms in total. The molecule has 4 heteroatoms. The highest BCUT2D eigenvalue weighted by atomic mass is 16.6. The van der Waals surface area contributed by atoms with E-state index in [4.69, 9.17) is 0 Å². The molecule has 0 unspecified atom stereocenters. The summed E-state index contributed by atoms with van der Waals surface area (Å²) in [5.74, 6) is 0. The summed E-state index contributed by atoms with van der Waals surface area (Å²) in [6.45, 7) is 1.95. The Morgan fingerprint density at radius 2 is 2.07 bits per heavy atom. The Balaban J connectivity index is 2.45. The maximum Gasteiger partial charge on any atom is 0.270 e. The van der Waals surface area contributed by atoms with Gasteiger partial charge in [0.2, 0.25) is 0 Å². The number of hydrogen-bond donors (Lipinski definition) is 1. The summed E-state index contributed by atoms with van der Waals surface area (Å²) in [6, 6.07) is 8.57. The van der Waals surface area contributed by atoms with Gasteiger partial charge in [-0.25, -0.2) is 0 Å². The molecule has 0 aliphatic carbocycles. The summed E-state index contributed by atoms with van der Waals surface area (Å²) in [7, 11) is 0. The molecule has 2 rings (SSSR count). The molecule has 1 aromatic heterocycles. The molecule has 0 radical (unpaired) electrons. The number of nitro benzene ring substituents is 1. The summed E-state index contributed by atoms with van der Waals surface area (Å²) < 4.78 is 0. The number of aromatic nitrogens is 1. The molecule has 15 heavy (non-hydrogen) atoms. The van der Waals surface area contributed by atoms with Crippen LogP contribution in [0.5, 0.6) is 0 Å². The fraction of sp³-hybridized carbons (Fsp3) is 0.0909. The molecule has 0 amide bonds. The quantitative estimate of drug-likeness (QED) is 0.601. The van der Waals surface area contributed by atoms with E-state index in [0.717, 1.165) is 16.8 Å². The Bertz CT molecular complexity index is 503. The largest absolute Gasteiger partial charge is 0.365 e. The number of aromatic amines is 1. The highest BCUT2D eigenvalue weighted by Gasteiger charge is 2.07. The highest BCUT2D eigenvalue weighted by molar-refractivity contribution is 5.66. The molecule has 0 saturated heterocycles. The van der Waals surface area contributed by atoms with E-state index in [1.54, 1.807) is 12.1 Å². The van der Waals surface area contributed by atoms with E-state index in [9.17, 15) is 10.1 Å². The molecule has 2 aromatic rings. The van der Waals surface area contributed by atoms with Crippen LogP contribution in [0.25, 0.3) is 11.1 Å². The maximum atomic E-state index is 10.6. The molecule has 0 aliphatic rings. The number of benzene rings is 1. The van der Waals surface area contributed by atoms with Crippen LogP contribution in [0, 0.1) is 17.0 Å². The number of H-pyrrole nitrogens is 1. The smallest absolute Gasteiger partial charge is 0.270 e. The molecule has 1 N–H and O–H groups in total. The van der Waals surface area contributed by atoms with Crippen molar-refractivity contribution in [3.63, 3.8) is 0 Å². The van der Waals surface area contributed by atoms with Crippen molar-refractivity contribution in [3.05, 3.63) is 52.3 Å². The number of nitro groups is 1. The fourth-order valence-corrected chi connectivity index (χ4v) is 1.47. The van der Waals surface area contributed by atoms with Crippen LogP contribution in [-0.2, 0) is 0 Å². The third-order valence-electron chi connectivity index (χ3n) is 2.22. The lowest BCUT2D eigenvalue weighted by atomic mass is 10.1. The van der Waals surface area contributed by atoms with Crippen molar-refractivity contribution in [1.82, 2.24) is 4.98 Å². The summed E-state index contributed by atoms with van der Waals surface area (Å²) in [5.41, 5.74) is 2.98. The monoisotopic (exact) mass is 202 g/mol. The van der Waals surface area contributed by atoms with Gasteiger partial charge in [-0.15, -0.1) is 0 Å². The average molecular weight is 202 g/mol. The predicted octanol–water partition coefficient (Wildman–Crippen LogP) is 2.90. The van der Waals surface area contributed by atoms with Gasteiger partial charge in [0.25, 0.3) is 5.69 Å². The van der Waals surface area contributed by atoms with Crippen LogP contribution < -0.4 is 0 Å². The topological polar surface area (TPSA) is 58.9 Å². The van der Waals surface area contributed by atoms with Gasteiger partial charge in [-0.2, -0.15) is 0 Å². The predicted molar refractivity (Wildman–Crippen MR) is 57.6 cm³/mol. The minimum atomic E-state index is -0.386. The van der Waals surface area contributed by atoms with Gasteiger partial charge in [-0.1, -0.05) is 12.1 Å². The van der Waals surface area contributed by atoms with E-state index in [2.05, 4.69) is 4.98 Å². The first kappa shape index (κ1) is 9.45. The molecule has 0 saturated carbocycles. The van der Waals surface area contributed by atoms with Crippen molar-refractivity contribution < 1.29 is 4.92 Å². The standard InChI is InChI=1S/C11H10N2O2/c1-8-5-10(7-12-8)9-3-2-4-11(6-9)13(14)15/h2-7,12H,1H3. The maximum absolute atomic E-state index is 10.6. The first-order chi connectivity index (χ1) is 7.16. The molecular weight excluding hydrogens is 192 g/mol. The minimum Gasteiger partial charge on any atom is -0.365 e. The zero-order valence-corrected chi connectivity index (χ0v) is 8.23. The van der Waals surface area contributed by atoms with E-state index < -0.39 is 0 Å². The van der Waals surface area contributed by atoms with Crippen molar-refractivity contribution >= 4 is 5.69 Å². The van der Waals surface area contributed by atoms with Crippen molar-refractivity contribution in [2.45, 2.75) is 6.92 Å². The number of rotatable bonds is 2. The Morgan fingerprint density at radius 1 is 1.27 bits per heavy atom. The van der Waals surface area contributed by atoms with Crippen LogP contribution in [0.4, 0.5) is 5.69 Å². The Kier molecular flexibility index (Phi) is 2.25. The molecule has 0 spiro atoms. The second-order valence-corrected chi connectivity index (χ2v) is 3.38. The van der Waals surface area contributed by atoms with Crippen LogP contribution >= 0.6 is 0 Å². The van der Waals surface area contributed by atoms with E-state index in [1.807, 2.05) is 25.3 Å². The first-order valence-electron chi connectivity index (χ1n) is 4.56. The number of hydrogen-bond acceptors (Lipinski definition) is 2. The lowest BCUT2D eigenvalue weighted by molar-refractivity contribution is -0.384. The summed E-state index contributed by atoms with van der Waals surface area (Å²) in [5, 5.41) is 10.6. The zero-order chi connectivity index (χ0) is 10.8. The Morgan fingerprint density at radius 3 is 2.67 bits per heavy atom. The lowest BCUT2D eigenvalue weighted by Gasteiger charge is -1.96. The van der Waals surface area contributed by atoms with Gasteiger partial charge in [0.15, 0.2) is 0 Å². The van der Waals surface area contributed by atoms with Crippen molar-refractivity contribution in [2.75, 3.05) is 0 Å². The molecule has 0 bridgehead atoms. The Labute approximate surface area is 86.7 Å². The molecule has 1 aromatic carbocycles.